The molecule has 2 heterocycles. The van der Waals surface area contributed by atoms with Crippen LogP contribution in [0.5, 0.6) is 0 Å². The molecule has 1 aromatic rings. The molecule has 1 aliphatic rings. The molecule has 0 aliphatic carbocycles. The topological polar surface area (TPSA) is 57.7 Å². The highest BCUT2D eigenvalue weighted by Crippen LogP contribution is 2.28. The van der Waals surface area contributed by atoms with E-state index >= 15 is 0 Å². The maximum absolute atomic E-state index is 13.0. The van der Waals surface area contributed by atoms with E-state index in [0.29, 0.717) is 25.3 Å². The molecule has 1 N–H and O–H groups in total. The second kappa shape index (κ2) is 9.59. The van der Waals surface area contributed by atoms with Crippen LogP contribution < -0.4 is 15.1 Å². The van der Waals surface area contributed by atoms with E-state index in [1.807, 2.05) is 24.9 Å². The molecule has 158 valence electrons. The summed E-state index contributed by atoms with van der Waals surface area (Å²) in [7, 11) is 1.99. The zero-order chi connectivity index (χ0) is 20.9. The van der Waals surface area contributed by atoms with E-state index in [-0.39, 0.29) is 17.4 Å². The van der Waals surface area contributed by atoms with E-state index in [1.165, 1.54) is 0 Å². The number of pyridine rings is 1. The van der Waals surface area contributed by atoms with Crippen LogP contribution >= 0.6 is 0 Å². The van der Waals surface area contributed by atoms with Gasteiger partial charge in [-0.15, -0.1) is 0 Å². The number of morpholine rings is 1. The Morgan fingerprint density at radius 1 is 1.43 bits per heavy atom. The van der Waals surface area contributed by atoms with Gasteiger partial charge < -0.3 is 19.9 Å². The van der Waals surface area contributed by atoms with Crippen molar-refractivity contribution >= 4 is 17.5 Å². The summed E-state index contributed by atoms with van der Waals surface area (Å²) < 4.78 is 5.56. The molecule has 28 heavy (non-hydrogen) atoms. The first-order valence-corrected chi connectivity index (χ1v) is 10.5. The number of nitrogens with one attached hydrogen (secondary N) is 1. The van der Waals surface area contributed by atoms with E-state index in [4.69, 9.17) is 9.72 Å². The van der Waals surface area contributed by atoms with Gasteiger partial charge in [-0.25, -0.2) is 4.98 Å². The largest absolute Gasteiger partial charge is 0.377 e. The number of amides is 1. The van der Waals surface area contributed by atoms with Gasteiger partial charge in [0.1, 0.15) is 11.6 Å². The summed E-state index contributed by atoms with van der Waals surface area (Å²) in [5.74, 6) is 1.65. The maximum atomic E-state index is 13.0. The average molecular weight is 391 g/mol. The molecule has 6 heteroatoms. The summed E-state index contributed by atoms with van der Waals surface area (Å²) in [4.78, 5) is 22.2. The molecule has 2 rings (SSSR count). The molecule has 1 aromatic heterocycles. The Hall–Kier alpha value is -1.82. The number of nitrogens with zero attached hydrogens (tertiary/aromatic N) is 3. The lowest BCUT2D eigenvalue weighted by molar-refractivity contribution is 0.0950. The van der Waals surface area contributed by atoms with Crippen molar-refractivity contribution in [3.63, 3.8) is 0 Å². The normalized spacial score (nSPS) is 17.5. The van der Waals surface area contributed by atoms with Crippen LogP contribution in [0.25, 0.3) is 0 Å². The monoisotopic (exact) mass is 390 g/mol. The van der Waals surface area contributed by atoms with Gasteiger partial charge in [0.05, 0.1) is 24.8 Å². The van der Waals surface area contributed by atoms with Gasteiger partial charge in [-0.3, -0.25) is 4.79 Å². The van der Waals surface area contributed by atoms with Crippen molar-refractivity contribution in [3.05, 3.63) is 17.2 Å². The molecule has 1 saturated heterocycles. The summed E-state index contributed by atoms with van der Waals surface area (Å²) in [6.07, 6.45) is 2.06. The fourth-order valence-electron chi connectivity index (χ4n) is 3.47. The highest BCUT2D eigenvalue weighted by atomic mass is 16.5. The lowest BCUT2D eigenvalue weighted by atomic mass is 9.91. The first-order chi connectivity index (χ1) is 13.1. The minimum atomic E-state index is -0.0317. The van der Waals surface area contributed by atoms with Crippen LogP contribution in [-0.4, -0.2) is 56.8 Å². The third-order valence-corrected chi connectivity index (χ3v) is 5.30. The molecule has 0 bridgehead atoms. The molecule has 1 amide bonds. The van der Waals surface area contributed by atoms with E-state index in [9.17, 15) is 4.79 Å². The second-order valence-corrected chi connectivity index (χ2v) is 9.05. The average Bonchev–Trinajstić information content (AvgIpc) is 2.63. The molecular weight excluding hydrogens is 352 g/mol. The highest BCUT2D eigenvalue weighted by molar-refractivity contribution is 6.00. The zero-order valence-electron chi connectivity index (χ0n) is 18.8. The molecule has 0 unspecified atom stereocenters. The Bertz CT molecular complexity index is 669. The standard InChI is InChI=1S/C22H38N4O2/c1-8-25(7)20-19(21(27)23-11-9-10-22(4,5)6)16(2)14-18(24-20)26-12-13-28-15-17(26)3/h14,17H,8-13,15H2,1-7H3,(H,23,27)/t17-/m1/s1. The molecule has 1 atom stereocenters. The zero-order valence-corrected chi connectivity index (χ0v) is 18.8. The molecule has 1 fully saturated rings. The molecule has 0 saturated carbocycles. The van der Waals surface area contributed by atoms with Crippen LogP contribution in [0.15, 0.2) is 6.07 Å². The number of hydrogen-bond acceptors (Lipinski definition) is 5. The molecule has 1 aliphatic heterocycles. The fourth-order valence-corrected chi connectivity index (χ4v) is 3.47. The smallest absolute Gasteiger partial charge is 0.255 e. The van der Waals surface area contributed by atoms with Crippen LogP contribution in [0, 0.1) is 12.3 Å². The molecule has 6 nitrogen and oxygen atoms in total. The Morgan fingerprint density at radius 2 is 2.14 bits per heavy atom. The van der Waals surface area contributed by atoms with Crippen molar-refractivity contribution < 1.29 is 9.53 Å². The fraction of sp³-hybridized carbons (Fsp3) is 0.727. The number of anilines is 2. The van der Waals surface area contributed by atoms with Gasteiger partial charge >= 0.3 is 0 Å². The van der Waals surface area contributed by atoms with E-state index in [2.05, 4.69) is 44.8 Å². The third-order valence-electron chi connectivity index (χ3n) is 5.30. The number of rotatable bonds is 7. The summed E-state index contributed by atoms with van der Waals surface area (Å²) in [6.45, 7) is 16.6. The van der Waals surface area contributed by atoms with Crippen molar-refractivity contribution in [3.8, 4) is 0 Å². The van der Waals surface area contributed by atoms with Gasteiger partial charge in [-0.1, -0.05) is 20.8 Å². The van der Waals surface area contributed by atoms with Gasteiger partial charge in [-0.05, 0) is 50.7 Å². The van der Waals surface area contributed by atoms with Gasteiger partial charge in [-0.2, -0.15) is 0 Å². The molecular formula is C22H38N4O2. The number of aryl methyl sites for hydroxylation is 1. The van der Waals surface area contributed by atoms with Crippen LogP contribution in [0.2, 0.25) is 0 Å². The van der Waals surface area contributed by atoms with E-state index in [1.54, 1.807) is 0 Å². The van der Waals surface area contributed by atoms with Crippen LogP contribution in [0.1, 0.15) is 63.4 Å². The number of aromatic nitrogens is 1. The maximum Gasteiger partial charge on any atom is 0.255 e. The SMILES string of the molecule is CCN(C)c1nc(N2CCOC[C@H]2C)cc(C)c1C(=O)NCCCC(C)(C)C. The summed E-state index contributed by atoms with van der Waals surface area (Å²) >= 11 is 0. The number of carbonyl (C=O) groups excluding carboxylic acids is 1. The summed E-state index contributed by atoms with van der Waals surface area (Å²) in [5, 5.41) is 3.10. The van der Waals surface area contributed by atoms with E-state index < -0.39 is 0 Å². The second-order valence-electron chi connectivity index (χ2n) is 9.05. The predicted octanol–water partition coefficient (Wildman–Crippen LogP) is 3.63. The van der Waals surface area contributed by atoms with Crippen LogP contribution in [0.3, 0.4) is 0 Å². The summed E-state index contributed by atoms with van der Waals surface area (Å²) in [5.41, 5.74) is 1.93. The minimum Gasteiger partial charge on any atom is -0.377 e. The Balaban J connectivity index is 2.24. The van der Waals surface area contributed by atoms with Crippen LogP contribution in [-0.2, 0) is 4.74 Å². The number of carbonyl (C=O) groups is 1. The van der Waals surface area contributed by atoms with Crippen LogP contribution in [0.4, 0.5) is 11.6 Å². The molecule has 0 radical (unpaired) electrons. The first-order valence-electron chi connectivity index (χ1n) is 10.5. The lowest BCUT2D eigenvalue weighted by Gasteiger charge is -2.35. The quantitative estimate of drug-likeness (QED) is 0.721. The van der Waals surface area contributed by atoms with Crippen molar-refractivity contribution in [2.75, 3.05) is 49.7 Å². The highest BCUT2D eigenvalue weighted by Gasteiger charge is 2.25. The lowest BCUT2D eigenvalue weighted by Crippen LogP contribution is -2.44. The van der Waals surface area contributed by atoms with Gasteiger partial charge in [0.2, 0.25) is 0 Å². The van der Waals surface area contributed by atoms with Gasteiger partial charge in [0.15, 0.2) is 0 Å². The first kappa shape index (κ1) is 22.5. The van der Waals surface area contributed by atoms with Gasteiger partial charge in [0.25, 0.3) is 5.91 Å². The Kier molecular flexibility index (Phi) is 7.70. The third kappa shape index (κ3) is 5.84. The predicted molar refractivity (Wildman–Crippen MR) is 117 cm³/mol. The Morgan fingerprint density at radius 3 is 2.75 bits per heavy atom. The van der Waals surface area contributed by atoms with Crippen molar-refractivity contribution in [1.82, 2.24) is 10.3 Å². The summed E-state index contributed by atoms with van der Waals surface area (Å²) in [6, 6.07) is 2.32. The minimum absolute atomic E-state index is 0.0317. The van der Waals surface area contributed by atoms with E-state index in [0.717, 1.165) is 43.1 Å². The van der Waals surface area contributed by atoms with Crippen molar-refractivity contribution in [1.29, 1.82) is 0 Å². The molecule has 0 aromatic carbocycles. The number of hydrogen-bond donors (Lipinski definition) is 1. The van der Waals surface area contributed by atoms with Crippen molar-refractivity contribution in [2.45, 2.75) is 60.4 Å². The number of ether oxygens (including phenoxy) is 1. The Labute approximate surface area is 170 Å². The molecule has 0 spiro atoms. The van der Waals surface area contributed by atoms with Crippen molar-refractivity contribution in [2.24, 2.45) is 5.41 Å². The van der Waals surface area contributed by atoms with Gasteiger partial charge in [0, 0.05) is 26.7 Å².